The molecule has 2 aromatic heterocycles. The van der Waals surface area contributed by atoms with Crippen molar-refractivity contribution in [2.24, 2.45) is 0 Å². The molecule has 0 unspecified atom stereocenters. The second kappa shape index (κ2) is 7.83. The Kier molecular flexibility index (Phi) is 5.11. The zero-order valence-corrected chi connectivity index (χ0v) is 13.3. The molecule has 0 fully saturated rings. The van der Waals surface area contributed by atoms with E-state index in [1.165, 1.54) is 6.20 Å². The molecular weight excluding hydrogens is 316 g/mol. The lowest BCUT2D eigenvalue weighted by Crippen LogP contribution is -2.24. The summed E-state index contributed by atoms with van der Waals surface area (Å²) in [6.07, 6.45) is 4.68. The van der Waals surface area contributed by atoms with Crippen molar-refractivity contribution in [2.45, 2.75) is 6.54 Å². The van der Waals surface area contributed by atoms with E-state index in [4.69, 9.17) is 0 Å². The molecule has 0 aliphatic carbocycles. The molecule has 3 aromatic rings. The zero-order valence-electron chi connectivity index (χ0n) is 13.3. The number of pyridine rings is 2. The van der Waals surface area contributed by atoms with Gasteiger partial charge in [0.2, 0.25) is 0 Å². The first kappa shape index (κ1) is 16.3. The molecule has 0 radical (unpaired) electrons. The Morgan fingerprint density at radius 1 is 0.880 bits per heavy atom. The van der Waals surface area contributed by atoms with E-state index < -0.39 is 0 Å². The Bertz CT molecular complexity index is 867. The van der Waals surface area contributed by atoms with Gasteiger partial charge in [0.05, 0.1) is 5.56 Å². The summed E-state index contributed by atoms with van der Waals surface area (Å²) in [4.78, 5) is 32.3. The Morgan fingerprint density at radius 3 is 2.48 bits per heavy atom. The van der Waals surface area contributed by atoms with E-state index in [2.05, 4.69) is 20.6 Å². The van der Waals surface area contributed by atoms with Crippen LogP contribution >= 0.6 is 0 Å². The van der Waals surface area contributed by atoms with Crippen molar-refractivity contribution in [1.82, 2.24) is 15.3 Å². The van der Waals surface area contributed by atoms with E-state index in [1.807, 2.05) is 18.2 Å². The van der Waals surface area contributed by atoms with Crippen molar-refractivity contribution in [1.29, 1.82) is 0 Å². The highest BCUT2D eigenvalue weighted by atomic mass is 16.2. The monoisotopic (exact) mass is 332 g/mol. The summed E-state index contributed by atoms with van der Waals surface area (Å²) in [6.45, 7) is 0.277. The van der Waals surface area contributed by atoms with Crippen LogP contribution in [0.5, 0.6) is 0 Å². The molecule has 0 spiro atoms. The molecule has 0 saturated heterocycles. The van der Waals surface area contributed by atoms with Crippen molar-refractivity contribution >= 4 is 17.5 Å². The molecule has 2 heterocycles. The lowest BCUT2D eigenvalue weighted by Gasteiger charge is -2.12. The molecule has 0 aliphatic heterocycles. The van der Waals surface area contributed by atoms with E-state index in [0.29, 0.717) is 16.9 Å². The zero-order chi connectivity index (χ0) is 17.5. The maximum absolute atomic E-state index is 12.3. The highest BCUT2D eigenvalue weighted by Gasteiger charge is 2.11. The molecule has 25 heavy (non-hydrogen) atoms. The summed E-state index contributed by atoms with van der Waals surface area (Å²) >= 11 is 0. The van der Waals surface area contributed by atoms with Gasteiger partial charge in [0.1, 0.15) is 5.69 Å². The van der Waals surface area contributed by atoms with Crippen LogP contribution in [0.15, 0.2) is 73.2 Å². The third-order valence-corrected chi connectivity index (χ3v) is 3.53. The van der Waals surface area contributed by atoms with Crippen LogP contribution < -0.4 is 10.6 Å². The summed E-state index contributed by atoms with van der Waals surface area (Å²) in [5.74, 6) is -0.523. The second-order valence-corrected chi connectivity index (χ2v) is 5.25. The lowest BCUT2D eigenvalue weighted by atomic mass is 10.1. The number of hydrogen-bond acceptors (Lipinski definition) is 4. The van der Waals surface area contributed by atoms with E-state index in [-0.39, 0.29) is 18.4 Å². The van der Waals surface area contributed by atoms with Gasteiger partial charge in [0, 0.05) is 30.8 Å². The van der Waals surface area contributed by atoms with Gasteiger partial charge < -0.3 is 10.6 Å². The van der Waals surface area contributed by atoms with Gasteiger partial charge in [-0.3, -0.25) is 19.6 Å². The Balaban J connectivity index is 1.69. The lowest BCUT2D eigenvalue weighted by molar-refractivity contribution is 0.0945. The van der Waals surface area contributed by atoms with Gasteiger partial charge in [-0.2, -0.15) is 0 Å². The third-order valence-electron chi connectivity index (χ3n) is 3.53. The first-order valence-corrected chi connectivity index (χ1v) is 7.72. The van der Waals surface area contributed by atoms with Crippen molar-refractivity contribution in [3.05, 3.63) is 90.0 Å². The average molecular weight is 332 g/mol. The average Bonchev–Trinajstić information content (AvgIpc) is 2.68. The molecule has 0 aliphatic rings. The molecule has 1 aromatic carbocycles. The highest BCUT2D eigenvalue weighted by molar-refractivity contribution is 6.04. The van der Waals surface area contributed by atoms with Gasteiger partial charge >= 0.3 is 0 Å². The molecule has 0 bridgehead atoms. The molecule has 3 rings (SSSR count). The van der Waals surface area contributed by atoms with Gasteiger partial charge in [-0.1, -0.05) is 24.3 Å². The minimum atomic E-state index is -0.269. The summed E-state index contributed by atoms with van der Waals surface area (Å²) in [6, 6.07) is 15.8. The number of anilines is 1. The quantitative estimate of drug-likeness (QED) is 0.752. The van der Waals surface area contributed by atoms with Crippen molar-refractivity contribution < 1.29 is 9.59 Å². The van der Waals surface area contributed by atoms with E-state index in [0.717, 1.165) is 5.56 Å². The van der Waals surface area contributed by atoms with Crippen LogP contribution in [-0.4, -0.2) is 21.8 Å². The maximum Gasteiger partial charge on any atom is 0.270 e. The molecule has 2 N–H and O–H groups in total. The standard InChI is InChI=1S/C19H16N4O2/c24-18(15-7-5-10-20-12-15)23-16-8-2-1-6-14(16)13-22-19(25)17-9-3-4-11-21-17/h1-12H,13H2,(H,22,25)(H,23,24). The van der Waals surface area contributed by atoms with Crippen LogP contribution in [0.2, 0.25) is 0 Å². The number of hydrogen-bond donors (Lipinski definition) is 2. The second-order valence-electron chi connectivity index (χ2n) is 5.25. The summed E-state index contributed by atoms with van der Waals surface area (Å²) < 4.78 is 0. The molecule has 6 nitrogen and oxygen atoms in total. The Hall–Kier alpha value is -3.54. The number of benzene rings is 1. The van der Waals surface area contributed by atoms with E-state index in [9.17, 15) is 9.59 Å². The van der Waals surface area contributed by atoms with Gasteiger partial charge in [-0.25, -0.2) is 0 Å². The molecule has 0 atom stereocenters. The molecule has 2 amide bonds. The first-order valence-electron chi connectivity index (χ1n) is 7.72. The predicted molar refractivity (Wildman–Crippen MR) is 94.0 cm³/mol. The van der Waals surface area contributed by atoms with Gasteiger partial charge in [0.15, 0.2) is 0 Å². The number of para-hydroxylation sites is 1. The number of rotatable bonds is 5. The van der Waals surface area contributed by atoms with Crippen LogP contribution in [0.3, 0.4) is 0 Å². The van der Waals surface area contributed by atoms with Crippen LogP contribution in [0.4, 0.5) is 5.69 Å². The predicted octanol–water partition coefficient (Wildman–Crippen LogP) is 2.66. The van der Waals surface area contributed by atoms with Crippen LogP contribution in [0.1, 0.15) is 26.4 Å². The molecular formula is C19H16N4O2. The largest absolute Gasteiger partial charge is 0.347 e. The van der Waals surface area contributed by atoms with Gasteiger partial charge in [-0.05, 0) is 35.9 Å². The summed E-state index contributed by atoms with van der Waals surface area (Å²) in [5.41, 5.74) is 2.25. The fraction of sp³-hybridized carbons (Fsp3) is 0.0526. The van der Waals surface area contributed by atoms with Crippen molar-refractivity contribution in [2.75, 3.05) is 5.32 Å². The van der Waals surface area contributed by atoms with Gasteiger partial charge in [0.25, 0.3) is 11.8 Å². The minimum Gasteiger partial charge on any atom is -0.347 e. The first-order chi connectivity index (χ1) is 12.2. The fourth-order valence-corrected chi connectivity index (χ4v) is 2.25. The SMILES string of the molecule is O=C(Nc1ccccc1CNC(=O)c1ccccn1)c1cccnc1. The number of nitrogens with one attached hydrogen (secondary N) is 2. The number of amides is 2. The summed E-state index contributed by atoms with van der Waals surface area (Å²) in [7, 11) is 0. The van der Waals surface area contributed by atoms with Crippen LogP contribution in [0.25, 0.3) is 0 Å². The molecule has 0 saturated carbocycles. The fourth-order valence-electron chi connectivity index (χ4n) is 2.25. The summed E-state index contributed by atoms with van der Waals surface area (Å²) in [5, 5.41) is 5.65. The van der Waals surface area contributed by atoms with Gasteiger partial charge in [-0.15, -0.1) is 0 Å². The number of aromatic nitrogens is 2. The van der Waals surface area contributed by atoms with E-state index >= 15 is 0 Å². The number of nitrogens with zero attached hydrogens (tertiary/aromatic N) is 2. The Morgan fingerprint density at radius 2 is 1.72 bits per heavy atom. The highest BCUT2D eigenvalue weighted by Crippen LogP contribution is 2.16. The topological polar surface area (TPSA) is 84.0 Å². The minimum absolute atomic E-state index is 0.253. The normalized spacial score (nSPS) is 10.1. The van der Waals surface area contributed by atoms with Crippen LogP contribution in [0, 0.1) is 0 Å². The van der Waals surface area contributed by atoms with Crippen LogP contribution in [-0.2, 0) is 6.54 Å². The van der Waals surface area contributed by atoms with E-state index in [1.54, 1.807) is 48.8 Å². The van der Waals surface area contributed by atoms with Crippen molar-refractivity contribution in [3.8, 4) is 0 Å². The number of carbonyl (C=O) groups is 2. The molecule has 6 heteroatoms. The third kappa shape index (κ3) is 4.26. The Labute approximate surface area is 145 Å². The van der Waals surface area contributed by atoms with Crippen molar-refractivity contribution in [3.63, 3.8) is 0 Å². The maximum atomic E-state index is 12.3. The number of carbonyl (C=O) groups excluding carboxylic acids is 2. The molecule has 124 valence electrons. The smallest absolute Gasteiger partial charge is 0.270 e.